The monoisotopic (exact) mass is 208 g/mol. The molecule has 1 atom stereocenters. The smallest absolute Gasteiger partial charge is 0.254 e. The van der Waals surface area contributed by atoms with Gasteiger partial charge in [-0.25, -0.2) is 0 Å². The van der Waals surface area contributed by atoms with Crippen molar-refractivity contribution in [3.63, 3.8) is 0 Å². The number of carbonyl (C=O) groups is 2. The predicted octanol–water partition coefficient (Wildman–Crippen LogP) is 0.743. The van der Waals surface area contributed by atoms with Crippen LogP contribution in [0.25, 0.3) is 0 Å². The van der Waals surface area contributed by atoms with Crippen LogP contribution in [0.4, 0.5) is 0 Å². The number of hydrogen-bond acceptors (Lipinski definition) is 3. The van der Waals surface area contributed by atoms with E-state index in [1.54, 1.807) is 0 Å². The first-order chi connectivity index (χ1) is 7.20. The maximum Gasteiger partial charge on any atom is 0.254 e. The maximum absolute atomic E-state index is 11.5. The Morgan fingerprint density at radius 3 is 2.13 bits per heavy atom. The lowest BCUT2D eigenvalue weighted by Gasteiger charge is -2.36. The van der Waals surface area contributed by atoms with Gasteiger partial charge in [-0.3, -0.25) is 19.4 Å². The summed E-state index contributed by atoms with van der Waals surface area (Å²) in [5, 5.41) is 0. The minimum Gasteiger partial charge on any atom is -0.283 e. The average molecular weight is 208 g/mol. The summed E-state index contributed by atoms with van der Waals surface area (Å²) in [5.41, 5.74) is 0. The fourth-order valence-electron chi connectivity index (χ4n) is 2.24. The van der Waals surface area contributed by atoms with Crippen molar-refractivity contribution >= 4 is 11.8 Å². The zero-order valence-corrected chi connectivity index (χ0v) is 8.98. The fourth-order valence-corrected chi connectivity index (χ4v) is 2.24. The second-order valence-corrected chi connectivity index (χ2v) is 4.11. The molecule has 0 aromatic heterocycles. The van der Waals surface area contributed by atoms with Gasteiger partial charge in [0, 0.05) is 25.2 Å². The highest BCUT2D eigenvalue weighted by Crippen LogP contribution is 2.17. The second-order valence-electron chi connectivity index (χ2n) is 4.11. The van der Waals surface area contributed by atoms with Crippen molar-refractivity contribution in [3.8, 4) is 0 Å². The third-order valence-electron chi connectivity index (χ3n) is 3.14. The molecule has 2 amide bonds. The fraction of sp³-hybridized carbons (Fsp3) is 0.636. The van der Waals surface area contributed by atoms with Crippen molar-refractivity contribution in [3.05, 3.63) is 12.2 Å². The van der Waals surface area contributed by atoms with Gasteiger partial charge in [-0.05, 0) is 19.8 Å². The highest BCUT2D eigenvalue weighted by atomic mass is 16.2. The van der Waals surface area contributed by atoms with Crippen LogP contribution in [0.15, 0.2) is 12.2 Å². The first-order valence-electron chi connectivity index (χ1n) is 5.49. The molecule has 1 fully saturated rings. The number of carbonyl (C=O) groups excluding carboxylic acids is 2. The maximum atomic E-state index is 11.5. The van der Waals surface area contributed by atoms with E-state index in [0.717, 1.165) is 25.9 Å². The summed E-state index contributed by atoms with van der Waals surface area (Å²) < 4.78 is 0. The standard InChI is InChI=1S/C11H16N2O2/c1-9(12-7-3-2-4-8-12)13-10(14)5-6-11(13)15/h5-6,9H,2-4,7-8H2,1H3. The molecular weight excluding hydrogens is 192 g/mol. The average Bonchev–Trinajstić information content (AvgIpc) is 2.59. The highest BCUT2D eigenvalue weighted by Gasteiger charge is 2.32. The van der Waals surface area contributed by atoms with E-state index < -0.39 is 0 Å². The van der Waals surface area contributed by atoms with E-state index in [0.29, 0.717) is 0 Å². The Morgan fingerprint density at radius 1 is 1.07 bits per heavy atom. The zero-order chi connectivity index (χ0) is 10.8. The molecule has 82 valence electrons. The molecule has 2 aliphatic heterocycles. The lowest BCUT2D eigenvalue weighted by atomic mass is 10.1. The zero-order valence-electron chi connectivity index (χ0n) is 8.98. The minimum absolute atomic E-state index is 0.0969. The van der Waals surface area contributed by atoms with Crippen LogP contribution in [0, 0.1) is 0 Å². The molecule has 0 spiro atoms. The summed E-state index contributed by atoms with van der Waals surface area (Å²) in [4.78, 5) is 26.5. The topological polar surface area (TPSA) is 40.6 Å². The van der Waals surface area contributed by atoms with Gasteiger partial charge in [-0.2, -0.15) is 0 Å². The third-order valence-corrected chi connectivity index (χ3v) is 3.14. The lowest BCUT2D eigenvalue weighted by Crippen LogP contribution is -2.50. The van der Waals surface area contributed by atoms with Crippen LogP contribution in [-0.4, -0.2) is 40.9 Å². The molecule has 0 aromatic carbocycles. The number of piperidine rings is 1. The Balaban J connectivity index is 2.03. The van der Waals surface area contributed by atoms with Crippen LogP contribution in [0.1, 0.15) is 26.2 Å². The third kappa shape index (κ3) is 1.95. The van der Waals surface area contributed by atoms with Crippen molar-refractivity contribution in [1.29, 1.82) is 0 Å². The van der Waals surface area contributed by atoms with Gasteiger partial charge >= 0.3 is 0 Å². The summed E-state index contributed by atoms with van der Waals surface area (Å²) in [6, 6.07) is 0. The molecule has 2 heterocycles. The molecule has 0 aliphatic carbocycles. The Hall–Kier alpha value is -1.16. The number of rotatable bonds is 2. The Morgan fingerprint density at radius 2 is 1.60 bits per heavy atom. The molecule has 2 rings (SSSR count). The van der Waals surface area contributed by atoms with Crippen molar-refractivity contribution in [2.24, 2.45) is 0 Å². The molecule has 0 radical (unpaired) electrons. The van der Waals surface area contributed by atoms with Crippen molar-refractivity contribution in [2.45, 2.75) is 32.4 Å². The van der Waals surface area contributed by atoms with Crippen molar-refractivity contribution < 1.29 is 9.59 Å². The molecule has 1 saturated heterocycles. The molecule has 1 unspecified atom stereocenters. The first-order valence-corrected chi connectivity index (χ1v) is 5.49. The molecule has 2 aliphatic rings. The van der Waals surface area contributed by atoms with Crippen molar-refractivity contribution in [1.82, 2.24) is 9.80 Å². The summed E-state index contributed by atoms with van der Waals surface area (Å²) in [6.45, 7) is 3.89. The van der Waals surface area contributed by atoms with Gasteiger partial charge in [0.1, 0.15) is 0 Å². The van der Waals surface area contributed by atoms with E-state index in [9.17, 15) is 9.59 Å². The normalized spacial score (nSPS) is 25.0. The van der Waals surface area contributed by atoms with Gasteiger partial charge in [0.2, 0.25) is 0 Å². The molecule has 15 heavy (non-hydrogen) atoms. The molecule has 4 nitrogen and oxygen atoms in total. The molecule has 0 N–H and O–H groups in total. The van der Waals surface area contributed by atoms with Crippen LogP contribution in [-0.2, 0) is 9.59 Å². The van der Waals surface area contributed by atoms with Crippen molar-refractivity contribution in [2.75, 3.05) is 13.1 Å². The van der Waals surface area contributed by atoms with Gasteiger partial charge in [-0.15, -0.1) is 0 Å². The lowest BCUT2D eigenvalue weighted by molar-refractivity contribution is -0.143. The molecule has 4 heteroatoms. The van der Waals surface area contributed by atoms with Crippen LogP contribution in [0.5, 0.6) is 0 Å². The molecule has 0 bridgehead atoms. The molecular formula is C11H16N2O2. The van der Waals surface area contributed by atoms with Gasteiger partial charge in [0.15, 0.2) is 0 Å². The molecule has 0 saturated carbocycles. The minimum atomic E-state index is -0.182. The number of amides is 2. The summed E-state index contributed by atoms with van der Waals surface area (Å²) >= 11 is 0. The van der Waals surface area contributed by atoms with Gasteiger partial charge < -0.3 is 0 Å². The van der Waals surface area contributed by atoms with E-state index >= 15 is 0 Å². The van der Waals surface area contributed by atoms with E-state index in [2.05, 4.69) is 4.90 Å². The summed E-state index contributed by atoms with van der Waals surface area (Å²) in [5.74, 6) is -0.365. The van der Waals surface area contributed by atoms with Crippen LogP contribution in [0.3, 0.4) is 0 Å². The summed E-state index contributed by atoms with van der Waals surface area (Å²) in [7, 11) is 0. The SMILES string of the molecule is CC(N1CCCCC1)N1C(=O)C=CC1=O. The number of likely N-dealkylation sites (tertiary alicyclic amines) is 1. The van der Waals surface area contributed by atoms with Gasteiger partial charge in [-0.1, -0.05) is 6.42 Å². The Bertz CT molecular complexity index is 288. The van der Waals surface area contributed by atoms with Gasteiger partial charge in [0.05, 0.1) is 6.17 Å². The largest absolute Gasteiger partial charge is 0.283 e. The Labute approximate surface area is 89.5 Å². The quantitative estimate of drug-likeness (QED) is 0.628. The number of hydrogen-bond donors (Lipinski definition) is 0. The van der Waals surface area contributed by atoms with Gasteiger partial charge in [0.25, 0.3) is 11.8 Å². The number of nitrogens with zero attached hydrogens (tertiary/aromatic N) is 2. The van der Waals surface area contributed by atoms with E-state index in [4.69, 9.17) is 0 Å². The summed E-state index contributed by atoms with van der Waals surface area (Å²) in [6.07, 6.45) is 6.18. The number of imide groups is 1. The molecule has 0 aromatic rings. The van der Waals surface area contributed by atoms with E-state index in [1.165, 1.54) is 23.5 Å². The predicted molar refractivity (Wildman–Crippen MR) is 55.9 cm³/mol. The second kappa shape index (κ2) is 4.14. The van der Waals surface area contributed by atoms with Crippen LogP contribution < -0.4 is 0 Å². The highest BCUT2D eigenvalue weighted by molar-refractivity contribution is 6.13. The van der Waals surface area contributed by atoms with Crippen LogP contribution in [0.2, 0.25) is 0 Å². The van der Waals surface area contributed by atoms with Crippen LogP contribution >= 0.6 is 0 Å². The Kier molecular flexibility index (Phi) is 2.86. The first kappa shape index (κ1) is 10.4. The van der Waals surface area contributed by atoms with E-state index in [-0.39, 0.29) is 18.0 Å². The van der Waals surface area contributed by atoms with E-state index in [1.807, 2.05) is 6.92 Å².